The van der Waals surface area contributed by atoms with E-state index in [0.717, 1.165) is 6.26 Å². The Morgan fingerprint density at radius 1 is 0.950 bits per heavy atom. The third kappa shape index (κ3) is 7.96. The van der Waals surface area contributed by atoms with Gasteiger partial charge in [-0.15, -0.1) is 0 Å². The van der Waals surface area contributed by atoms with Crippen molar-refractivity contribution in [3.8, 4) is 11.1 Å². The molecule has 40 heavy (non-hydrogen) atoms. The lowest BCUT2D eigenvalue weighted by Gasteiger charge is -2.19. The molecule has 2 amide bonds. The van der Waals surface area contributed by atoms with Crippen LogP contribution in [0.15, 0.2) is 54.6 Å². The maximum absolute atomic E-state index is 13.3. The van der Waals surface area contributed by atoms with Gasteiger partial charge in [0.25, 0.3) is 11.8 Å². The molecule has 11 nitrogen and oxygen atoms in total. The number of amidine groups is 1. The molecule has 0 bridgehead atoms. The second kappa shape index (κ2) is 11.7. The van der Waals surface area contributed by atoms with Crippen molar-refractivity contribution in [2.24, 2.45) is 11.1 Å². The predicted octanol–water partition coefficient (Wildman–Crippen LogP) is 3.49. The van der Waals surface area contributed by atoms with Crippen LogP contribution in [0.2, 0.25) is 0 Å². The van der Waals surface area contributed by atoms with Gasteiger partial charge in [0.15, 0.2) is 0 Å². The first kappa shape index (κ1) is 30.0. The van der Waals surface area contributed by atoms with E-state index in [9.17, 15) is 22.8 Å². The van der Waals surface area contributed by atoms with E-state index in [1.165, 1.54) is 18.2 Å². The monoisotopic (exact) mass is 565 g/mol. The van der Waals surface area contributed by atoms with Crippen LogP contribution in [0.1, 0.15) is 63.2 Å². The molecule has 0 aliphatic heterocycles. The number of nitrogen functional groups attached to an aromatic ring is 1. The number of carbonyl (C=O) groups is 3. The molecule has 5 N–H and O–H groups in total. The Balaban J connectivity index is 2.08. The van der Waals surface area contributed by atoms with Crippen molar-refractivity contribution in [1.82, 2.24) is 10.3 Å². The lowest BCUT2D eigenvalue weighted by atomic mass is 9.94. The van der Waals surface area contributed by atoms with Gasteiger partial charge in [0, 0.05) is 34.6 Å². The van der Waals surface area contributed by atoms with E-state index in [1.807, 2.05) is 20.8 Å². The first-order valence-corrected chi connectivity index (χ1v) is 14.0. The Hall–Kier alpha value is -4.58. The lowest BCUT2D eigenvalue weighted by molar-refractivity contribution is 0.0748. The maximum Gasteiger partial charge on any atom is 0.354 e. The minimum Gasteiger partial charge on any atom is -0.384 e. The van der Waals surface area contributed by atoms with Gasteiger partial charge in [-0.25, -0.2) is 9.78 Å². The summed E-state index contributed by atoms with van der Waals surface area (Å²) in [6.45, 7) is 7.87. The summed E-state index contributed by atoms with van der Waals surface area (Å²) in [5.41, 5.74) is 6.86. The highest BCUT2D eigenvalue weighted by Gasteiger charge is 2.25. The van der Waals surface area contributed by atoms with Crippen LogP contribution in [0.3, 0.4) is 0 Å². The predicted molar refractivity (Wildman–Crippen MR) is 152 cm³/mol. The van der Waals surface area contributed by atoms with E-state index in [1.54, 1.807) is 43.3 Å². The van der Waals surface area contributed by atoms with Gasteiger partial charge in [0.05, 0.1) is 11.8 Å². The van der Waals surface area contributed by atoms with Crippen molar-refractivity contribution in [1.29, 1.82) is 5.41 Å². The summed E-state index contributed by atoms with van der Waals surface area (Å²) in [5, 5.41) is 13.0. The lowest BCUT2D eigenvalue weighted by Crippen LogP contribution is -2.32. The standard InChI is InChI=1S/C28H31N5O6S/c1-16-6-12-21(23(32-16)26(35)33-19-10-7-17(8-11-19)24(29)30)20-13-9-18(25(34)31-15-28(2,3)4)14-22(20)27(36)39-40(5,37)38/h6-14H,15H2,1-5H3,(H3,29,30)(H,31,34)(H,33,35). The number of nitrogens with one attached hydrogen (secondary N) is 3. The molecule has 0 spiro atoms. The zero-order valence-electron chi connectivity index (χ0n) is 22.8. The second-order valence-corrected chi connectivity index (χ2v) is 11.9. The molecular weight excluding hydrogens is 534 g/mol. The SMILES string of the molecule is Cc1ccc(-c2ccc(C(=O)NCC(C)(C)C)cc2C(=O)OS(C)(=O)=O)c(C(=O)Nc2ccc(C(=N)N)cc2)n1. The highest BCUT2D eigenvalue weighted by atomic mass is 32.2. The molecule has 210 valence electrons. The number of nitrogens with zero attached hydrogens (tertiary/aromatic N) is 1. The molecule has 0 radical (unpaired) electrons. The van der Waals surface area contributed by atoms with Crippen LogP contribution >= 0.6 is 0 Å². The Morgan fingerprint density at radius 2 is 1.55 bits per heavy atom. The first-order valence-electron chi connectivity index (χ1n) is 12.1. The Morgan fingerprint density at radius 3 is 2.12 bits per heavy atom. The first-order chi connectivity index (χ1) is 18.5. The van der Waals surface area contributed by atoms with E-state index >= 15 is 0 Å². The Kier molecular flexibility index (Phi) is 8.74. The smallest absolute Gasteiger partial charge is 0.354 e. The molecule has 0 atom stereocenters. The zero-order chi connectivity index (χ0) is 29.8. The minimum absolute atomic E-state index is 0.0472. The molecule has 0 unspecified atom stereocenters. The summed E-state index contributed by atoms with van der Waals surface area (Å²) < 4.78 is 28.2. The second-order valence-electron chi connectivity index (χ2n) is 10.4. The number of carbonyl (C=O) groups excluding carboxylic acids is 3. The number of benzene rings is 2. The molecule has 0 saturated heterocycles. The number of nitrogens with two attached hydrogens (primary N) is 1. The molecule has 1 aromatic heterocycles. The summed E-state index contributed by atoms with van der Waals surface area (Å²) in [6.07, 6.45) is 0.730. The number of hydrogen-bond donors (Lipinski definition) is 4. The fourth-order valence-electron chi connectivity index (χ4n) is 3.59. The van der Waals surface area contributed by atoms with Crippen molar-refractivity contribution in [3.63, 3.8) is 0 Å². The summed E-state index contributed by atoms with van der Waals surface area (Å²) in [5.74, 6) is -2.41. The molecule has 12 heteroatoms. The van der Waals surface area contributed by atoms with Gasteiger partial charge >= 0.3 is 16.1 Å². The topological polar surface area (TPSA) is 181 Å². The third-order valence-electron chi connectivity index (χ3n) is 5.50. The van der Waals surface area contributed by atoms with E-state index in [2.05, 4.69) is 19.8 Å². The zero-order valence-corrected chi connectivity index (χ0v) is 23.6. The van der Waals surface area contributed by atoms with Gasteiger partial charge in [-0.1, -0.05) is 32.9 Å². The Bertz CT molecular complexity index is 1590. The van der Waals surface area contributed by atoms with Crippen molar-refractivity contribution >= 4 is 39.4 Å². The van der Waals surface area contributed by atoms with Crippen molar-refractivity contribution in [3.05, 3.63) is 82.7 Å². The Labute approximate surface area is 232 Å². The van der Waals surface area contributed by atoms with Crippen molar-refractivity contribution in [2.75, 3.05) is 18.1 Å². The minimum atomic E-state index is -4.19. The van der Waals surface area contributed by atoms with Crippen LogP contribution in [-0.4, -0.2) is 49.8 Å². The fourth-order valence-corrected chi connectivity index (χ4v) is 3.95. The van der Waals surface area contributed by atoms with Crippen LogP contribution in [0, 0.1) is 17.7 Å². The average Bonchev–Trinajstić information content (AvgIpc) is 2.85. The molecule has 3 aromatic rings. The van der Waals surface area contributed by atoms with E-state index in [0.29, 0.717) is 23.5 Å². The molecule has 3 rings (SSSR count). The van der Waals surface area contributed by atoms with Gasteiger partial charge in [-0.3, -0.25) is 15.0 Å². The number of aryl methyl sites for hydroxylation is 1. The van der Waals surface area contributed by atoms with E-state index in [-0.39, 0.29) is 39.2 Å². The molecule has 0 aliphatic carbocycles. The van der Waals surface area contributed by atoms with Crippen LogP contribution in [0.5, 0.6) is 0 Å². The largest absolute Gasteiger partial charge is 0.384 e. The number of pyridine rings is 1. The fraction of sp³-hybridized carbons (Fsp3) is 0.250. The van der Waals surface area contributed by atoms with Crippen LogP contribution < -0.4 is 16.4 Å². The summed E-state index contributed by atoms with van der Waals surface area (Å²) in [7, 11) is -4.19. The molecular formula is C28H31N5O6S. The van der Waals surface area contributed by atoms with Gasteiger partial charge in [0.2, 0.25) is 0 Å². The van der Waals surface area contributed by atoms with Crippen molar-refractivity contribution < 1.29 is 27.0 Å². The van der Waals surface area contributed by atoms with Crippen LogP contribution in [-0.2, 0) is 14.3 Å². The van der Waals surface area contributed by atoms with Crippen LogP contribution in [0.25, 0.3) is 11.1 Å². The van der Waals surface area contributed by atoms with Gasteiger partial charge in [-0.05, 0) is 60.4 Å². The molecule has 0 aliphatic rings. The number of hydrogen-bond acceptors (Lipinski definition) is 8. The van der Waals surface area contributed by atoms with Gasteiger partial charge < -0.3 is 20.6 Å². The van der Waals surface area contributed by atoms with E-state index in [4.69, 9.17) is 11.1 Å². The highest BCUT2D eigenvalue weighted by Crippen LogP contribution is 2.30. The van der Waals surface area contributed by atoms with E-state index < -0.39 is 27.9 Å². The number of amides is 2. The average molecular weight is 566 g/mol. The number of aromatic nitrogens is 1. The van der Waals surface area contributed by atoms with Crippen molar-refractivity contribution in [2.45, 2.75) is 27.7 Å². The molecule has 1 heterocycles. The normalized spacial score (nSPS) is 11.4. The maximum atomic E-state index is 13.3. The number of anilines is 1. The molecule has 0 fully saturated rings. The molecule has 0 saturated carbocycles. The highest BCUT2D eigenvalue weighted by molar-refractivity contribution is 7.86. The quantitative estimate of drug-likeness (QED) is 0.182. The third-order valence-corrected chi connectivity index (χ3v) is 5.96. The molecule has 2 aromatic carbocycles. The summed E-state index contributed by atoms with van der Waals surface area (Å²) >= 11 is 0. The number of rotatable bonds is 8. The van der Waals surface area contributed by atoms with Gasteiger partial charge in [0.1, 0.15) is 11.5 Å². The summed E-state index contributed by atoms with van der Waals surface area (Å²) in [4.78, 5) is 43.5. The summed E-state index contributed by atoms with van der Waals surface area (Å²) in [6, 6.07) is 13.6. The van der Waals surface area contributed by atoms with Crippen LogP contribution in [0.4, 0.5) is 5.69 Å². The van der Waals surface area contributed by atoms with Gasteiger partial charge in [-0.2, -0.15) is 8.42 Å².